The summed E-state index contributed by atoms with van der Waals surface area (Å²) in [5.74, 6) is -0.468. The number of aryl methyl sites for hydroxylation is 1. The number of carboxylic acid groups (broad SMARTS) is 1. The third-order valence-corrected chi connectivity index (χ3v) is 1.94. The lowest BCUT2D eigenvalue weighted by atomic mass is 10.2. The van der Waals surface area contributed by atoms with E-state index in [4.69, 9.17) is 5.11 Å². The molecule has 0 radical (unpaired) electrons. The second-order valence-corrected chi connectivity index (χ2v) is 3.16. The Morgan fingerprint density at radius 2 is 2.27 bits per heavy atom. The number of pyridine rings is 1. The topological polar surface area (TPSA) is 68.0 Å². The zero-order chi connectivity index (χ0) is 10.8. The minimum absolute atomic E-state index is 0.0405. The van der Waals surface area contributed by atoms with Gasteiger partial charge in [-0.25, -0.2) is 14.8 Å². The number of carboxylic acids is 1. The van der Waals surface area contributed by atoms with E-state index in [2.05, 4.69) is 9.97 Å². The van der Waals surface area contributed by atoms with Crippen molar-refractivity contribution in [3.8, 4) is 5.82 Å². The minimum Gasteiger partial charge on any atom is -0.477 e. The Hall–Kier alpha value is -2.17. The van der Waals surface area contributed by atoms with Gasteiger partial charge in [-0.15, -0.1) is 0 Å². The van der Waals surface area contributed by atoms with Gasteiger partial charge in [0.1, 0.15) is 12.1 Å². The summed E-state index contributed by atoms with van der Waals surface area (Å²) in [6, 6.07) is 3.33. The number of carbonyl (C=O) groups is 1. The molecule has 5 nitrogen and oxygen atoms in total. The number of rotatable bonds is 2. The Labute approximate surface area is 86.0 Å². The molecule has 0 amide bonds. The van der Waals surface area contributed by atoms with E-state index >= 15 is 0 Å². The van der Waals surface area contributed by atoms with Crippen molar-refractivity contribution in [3.63, 3.8) is 0 Å². The Kier molecular flexibility index (Phi) is 2.21. The first kappa shape index (κ1) is 9.39. The Morgan fingerprint density at radius 3 is 2.87 bits per heavy atom. The molecular weight excluding hydrogens is 194 g/mol. The van der Waals surface area contributed by atoms with Gasteiger partial charge < -0.3 is 5.11 Å². The van der Waals surface area contributed by atoms with Crippen LogP contribution < -0.4 is 0 Å². The molecule has 0 fully saturated rings. The van der Waals surface area contributed by atoms with Gasteiger partial charge in [-0.1, -0.05) is 0 Å². The largest absolute Gasteiger partial charge is 0.477 e. The van der Waals surface area contributed by atoms with Crippen LogP contribution in [0.25, 0.3) is 5.82 Å². The molecule has 0 atom stereocenters. The lowest BCUT2D eigenvalue weighted by molar-refractivity contribution is 0.0690. The van der Waals surface area contributed by atoms with Gasteiger partial charge in [0.15, 0.2) is 5.69 Å². The van der Waals surface area contributed by atoms with Crippen LogP contribution in [-0.4, -0.2) is 25.6 Å². The van der Waals surface area contributed by atoms with Crippen molar-refractivity contribution in [2.24, 2.45) is 0 Å². The van der Waals surface area contributed by atoms with Crippen molar-refractivity contribution >= 4 is 5.97 Å². The normalized spacial score (nSPS) is 10.2. The predicted octanol–water partition coefficient (Wildman–Crippen LogP) is 1.27. The fourth-order valence-electron chi connectivity index (χ4n) is 1.29. The lowest BCUT2D eigenvalue weighted by Crippen LogP contribution is -2.05. The lowest BCUT2D eigenvalue weighted by Gasteiger charge is -2.03. The van der Waals surface area contributed by atoms with E-state index in [1.165, 1.54) is 6.07 Å². The fraction of sp³-hybridized carbons (Fsp3) is 0.100. The first-order valence-corrected chi connectivity index (χ1v) is 4.37. The molecule has 0 unspecified atom stereocenters. The molecule has 1 N–H and O–H groups in total. The van der Waals surface area contributed by atoms with Crippen molar-refractivity contribution < 1.29 is 9.90 Å². The van der Waals surface area contributed by atoms with Gasteiger partial charge in [0.05, 0.1) is 0 Å². The molecule has 76 valence electrons. The number of aromatic carboxylic acids is 1. The second-order valence-electron chi connectivity index (χ2n) is 3.16. The van der Waals surface area contributed by atoms with Crippen LogP contribution in [-0.2, 0) is 0 Å². The smallest absolute Gasteiger partial charge is 0.354 e. The van der Waals surface area contributed by atoms with Crippen LogP contribution in [0.3, 0.4) is 0 Å². The van der Waals surface area contributed by atoms with E-state index in [0.717, 1.165) is 5.56 Å². The SMILES string of the molecule is Cc1cc(C(=O)O)nc(-n2ccnc2)c1. The van der Waals surface area contributed by atoms with Crippen LogP contribution in [0.2, 0.25) is 0 Å². The third kappa shape index (κ3) is 1.85. The minimum atomic E-state index is -1.03. The van der Waals surface area contributed by atoms with E-state index in [1.54, 1.807) is 29.4 Å². The molecule has 0 spiro atoms. The van der Waals surface area contributed by atoms with Gasteiger partial charge in [0, 0.05) is 12.4 Å². The average molecular weight is 203 g/mol. The third-order valence-electron chi connectivity index (χ3n) is 1.94. The summed E-state index contributed by atoms with van der Waals surface area (Å²) in [6.07, 6.45) is 4.91. The standard InChI is InChI=1S/C10H9N3O2/c1-7-4-8(10(14)15)12-9(5-7)13-3-2-11-6-13/h2-6H,1H3,(H,14,15). The highest BCUT2D eigenvalue weighted by Gasteiger charge is 2.07. The van der Waals surface area contributed by atoms with Crippen molar-refractivity contribution in [1.29, 1.82) is 0 Å². The molecule has 0 aliphatic rings. The van der Waals surface area contributed by atoms with Crippen LogP contribution in [0.4, 0.5) is 0 Å². The number of imidazole rings is 1. The van der Waals surface area contributed by atoms with Crippen LogP contribution in [0.5, 0.6) is 0 Å². The predicted molar refractivity (Wildman–Crippen MR) is 53.1 cm³/mol. The van der Waals surface area contributed by atoms with E-state index in [0.29, 0.717) is 5.82 Å². The molecule has 2 rings (SSSR count). The maximum Gasteiger partial charge on any atom is 0.354 e. The molecule has 0 saturated heterocycles. The quantitative estimate of drug-likeness (QED) is 0.798. The Morgan fingerprint density at radius 1 is 1.47 bits per heavy atom. The monoisotopic (exact) mass is 203 g/mol. The van der Waals surface area contributed by atoms with Gasteiger partial charge in [-0.05, 0) is 24.6 Å². The first-order valence-electron chi connectivity index (χ1n) is 4.37. The maximum absolute atomic E-state index is 10.8. The molecule has 5 heteroatoms. The second kappa shape index (κ2) is 3.53. The van der Waals surface area contributed by atoms with Crippen molar-refractivity contribution in [2.45, 2.75) is 6.92 Å². The number of hydrogen-bond acceptors (Lipinski definition) is 3. The van der Waals surface area contributed by atoms with E-state index in [9.17, 15) is 4.79 Å². The van der Waals surface area contributed by atoms with Gasteiger partial charge in [-0.3, -0.25) is 4.57 Å². The van der Waals surface area contributed by atoms with Gasteiger partial charge in [0.25, 0.3) is 0 Å². The van der Waals surface area contributed by atoms with Crippen molar-refractivity contribution in [2.75, 3.05) is 0 Å². The number of aromatic nitrogens is 3. The highest BCUT2D eigenvalue weighted by molar-refractivity contribution is 5.85. The molecule has 0 aliphatic carbocycles. The van der Waals surface area contributed by atoms with E-state index in [-0.39, 0.29) is 5.69 Å². The van der Waals surface area contributed by atoms with Crippen LogP contribution in [0.1, 0.15) is 16.1 Å². The zero-order valence-electron chi connectivity index (χ0n) is 8.08. The number of nitrogens with zero attached hydrogens (tertiary/aromatic N) is 3. The molecular formula is C10H9N3O2. The molecule has 2 aromatic rings. The molecule has 2 aromatic heterocycles. The highest BCUT2D eigenvalue weighted by Crippen LogP contribution is 2.09. The summed E-state index contributed by atoms with van der Waals surface area (Å²) in [5.41, 5.74) is 0.893. The zero-order valence-corrected chi connectivity index (χ0v) is 8.08. The molecule has 0 saturated carbocycles. The van der Waals surface area contributed by atoms with Crippen molar-refractivity contribution in [3.05, 3.63) is 42.1 Å². The summed E-state index contributed by atoms with van der Waals surface area (Å²) in [7, 11) is 0. The van der Waals surface area contributed by atoms with Crippen LogP contribution in [0.15, 0.2) is 30.9 Å². The van der Waals surface area contributed by atoms with Crippen molar-refractivity contribution in [1.82, 2.24) is 14.5 Å². The molecule has 15 heavy (non-hydrogen) atoms. The highest BCUT2D eigenvalue weighted by atomic mass is 16.4. The average Bonchev–Trinajstić information content (AvgIpc) is 2.69. The van der Waals surface area contributed by atoms with E-state index in [1.807, 2.05) is 6.92 Å². The summed E-state index contributed by atoms with van der Waals surface area (Å²) < 4.78 is 1.67. The van der Waals surface area contributed by atoms with E-state index < -0.39 is 5.97 Å². The number of hydrogen-bond donors (Lipinski definition) is 1. The van der Waals surface area contributed by atoms with Gasteiger partial charge in [-0.2, -0.15) is 0 Å². The fourth-order valence-corrected chi connectivity index (χ4v) is 1.29. The van der Waals surface area contributed by atoms with Crippen LogP contribution in [0, 0.1) is 6.92 Å². The summed E-state index contributed by atoms with van der Waals surface area (Å²) in [4.78, 5) is 18.7. The first-order chi connectivity index (χ1) is 7.16. The summed E-state index contributed by atoms with van der Waals surface area (Å²) in [5, 5.41) is 8.84. The molecule has 0 aromatic carbocycles. The Bertz CT molecular complexity index is 491. The summed E-state index contributed by atoms with van der Waals surface area (Å²) in [6.45, 7) is 1.83. The van der Waals surface area contributed by atoms with Gasteiger partial charge in [0.2, 0.25) is 0 Å². The molecule has 0 aliphatic heterocycles. The Balaban J connectivity index is 2.54. The van der Waals surface area contributed by atoms with Gasteiger partial charge >= 0.3 is 5.97 Å². The molecule has 0 bridgehead atoms. The van der Waals surface area contributed by atoms with Crippen LogP contribution >= 0.6 is 0 Å². The summed E-state index contributed by atoms with van der Waals surface area (Å²) >= 11 is 0. The molecule has 2 heterocycles. The maximum atomic E-state index is 10.8.